The van der Waals surface area contributed by atoms with Crippen LogP contribution in [0.25, 0.3) is 0 Å². The van der Waals surface area contributed by atoms with E-state index >= 15 is 0 Å². The molecule has 5 heteroatoms. The molecule has 18 heavy (non-hydrogen) atoms. The van der Waals surface area contributed by atoms with Crippen LogP contribution in [0.1, 0.15) is 42.6 Å². The fourth-order valence-electron chi connectivity index (χ4n) is 1.72. The first-order valence-electron chi connectivity index (χ1n) is 5.68. The van der Waals surface area contributed by atoms with E-state index in [0.29, 0.717) is 6.42 Å². The van der Waals surface area contributed by atoms with Gasteiger partial charge in [-0.1, -0.05) is 31.9 Å². The average Bonchev–Trinajstić information content (AvgIpc) is 2.27. The largest absolute Gasteiger partial charge is 0.416 e. The number of ketones is 1. The number of halogens is 4. The predicted molar refractivity (Wildman–Crippen MR) is 64.9 cm³/mol. The van der Waals surface area contributed by atoms with Crippen LogP contribution in [0.4, 0.5) is 13.2 Å². The second kappa shape index (κ2) is 5.74. The summed E-state index contributed by atoms with van der Waals surface area (Å²) in [6.45, 7) is 3.69. The summed E-state index contributed by atoms with van der Waals surface area (Å²) in [6.07, 6.45) is -2.92. The Morgan fingerprint density at radius 3 is 2.44 bits per heavy atom. The molecule has 0 spiro atoms. The summed E-state index contributed by atoms with van der Waals surface area (Å²) in [5, 5.41) is -0.141. The highest BCUT2D eigenvalue weighted by molar-refractivity contribution is 6.34. The third-order valence-electron chi connectivity index (χ3n) is 2.73. The Bertz CT molecular complexity index is 440. The molecule has 0 aliphatic heterocycles. The molecule has 0 N–H and O–H groups in total. The molecule has 0 aromatic heterocycles. The van der Waals surface area contributed by atoms with Crippen molar-refractivity contribution in [1.82, 2.24) is 0 Å². The van der Waals surface area contributed by atoms with Crippen LogP contribution in [0, 0.1) is 5.92 Å². The molecule has 0 saturated heterocycles. The zero-order chi connectivity index (χ0) is 13.9. The van der Waals surface area contributed by atoms with E-state index in [2.05, 4.69) is 0 Å². The van der Waals surface area contributed by atoms with E-state index < -0.39 is 11.7 Å². The second-order valence-electron chi connectivity index (χ2n) is 4.25. The molecular weight excluding hydrogens is 265 g/mol. The first-order chi connectivity index (χ1) is 8.27. The van der Waals surface area contributed by atoms with Crippen LogP contribution in [-0.2, 0) is 6.18 Å². The molecule has 0 amide bonds. The lowest BCUT2D eigenvalue weighted by molar-refractivity contribution is -0.137. The number of rotatable bonds is 4. The molecule has 1 aromatic rings. The van der Waals surface area contributed by atoms with Crippen molar-refractivity contribution in [2.24, 2.45) is 5.92 Å². The number of carbonyl (C=O) groups is 1. The normalized spacial score (nSPS) is 13.4. The van der Waals surface area contributed by atoms with Crippen LogP contribution in [0.2, 0.25) is 5.02 Å². The molecule has 1 rings (SSSR count). The molecule has 0 aliphatic carbocycles. The third-order valence-corrected chi connectivity index (χ3v) is 3.04. The van der Waals surface area contributed by atoms with Crippen molar-refractivity contribution < 1.29 is 18.0 Å². The Hall–Kier alpha value is -1.03. The fourth-order valence-corrected chi connectivity index (χ4v) is 1.99. The molecule has 1 aromatic carbocycles. The number of alkyl halides is 3. The van der Waals surface area contributed by atoms with Crippen LogP contribution in [-0.4, -0.2) is 5.78 Å². The lowest BCUT2D eigenvalue weighted by Crippen LogP contribution is -2.13. The maximum absolute atomic E-state index is 12.4. The van der Waals surface area contributed by atoms with Gasteiger partial charge in [0, 0.05) is 11.5 Å². The Balaban J connectivity index is 3.03. The highest BCUT2D eigenvalue weighted by Gasteiger charge is 2.31. The molecular formula is C13H14ClF3O. The van der Waals surface area contributed by atoms with Gasteiger partial charge in [0.2, 0.25) is 0 Å². The standard InChI is InChI=1S/C13H14ClF3O/c1-3-4-8(2)12(18)10-6-5-9(7-11(10)14)13(15,16)17/h5-8H,3-4H2,1-2H3. The lowest BCUT2D eigenvalue weighted by Gasteiger charge is -2.12. The van der Waals surface area contributed by atoms with Gasteiger partial charge in [-0.25, -0.2) is 0 Å². The van der Waals surface area contributed by atoms with Gasteiger partial charge < -0.3 is 0 Å². The SMILES string of the molecule is CCCC(C)C(=O)c1ccc(C(F)(F)F)cc1Cl. The minimum Gasteiger partial charge on any atom is -0.294 e. The first kappa shape index (κ1) is 15.0. The fraction of sp³-hybridized carbons (Fsp3) is 0.462. The van der Waals surface area contributed by atoms with Crippen LogP contribution in [0.5, 0.6) is 0 Å². The Labute approximate surface area is 109 Å². The number of benzene rings is 1. The number of hydrogen-bond acceptors (Lipinski definition) is 1. The Morgan fingerprint density at radius 1 is 1.39 bits per heavy atom. The summed E-state index contributed by atoms with van der Waals surface area (Å²) in [5.41, 5.74) is -0.683. The lowest BCUT2D eigenvalue weighted by atomic mass is 9.94. The van der Waals surface area contributed by atoms with Crippen LogP contribution in [0.15, 0.2) is 18.2 Å². The molecule has 1 unspecified atom stereocenters. The maximum Gasteiger partial charge on any atom is 0.416 e. The zero-order valence-corrected chi connectivity index (χ0v) is 10.9. The van der Waals surface area contributed by atoms with Crippen molar-refractivity contribution in [1.29, 1.82) is 0 Å². The topological polar surface area (TPSA) is 17.1 Å². The first-order valence-corrected chi connectivity index (χ1v) is 6.06. The summed E-state index contributed by atoms with van der Waals surface area (Å²) in [7, 11) is 0. The quantitative estimate of drug-likeness (QED) is 0.710. The smallest absolute Gasteiger partial charge is 0.294 e. The van der Waals surface area contributed by atoms with Crippen LogP contribution in [0.3, 0.4) is 0 Å². The van der Waals surface area contributed by atoms with Crippen molar-refractivity contribution in [3.63, 3.8) is 0 Å². The highest BCUT2D eigenvalue weighted by atomic mass is 35.5. The van der Waals surface area contributed by atoms with E-state index in [1.165, 1.54) is 0 Å². The van der Waals surface area contributed by atoms with Gasteiger partial charge in [-0.05, 0) is 24.6 Å². The van der Waals surface area contributed by atoms with Crippen LogP contribution < -0.4 is 0 Å². The zero-order valence-electron chi connectivity index (χ0n) is 10.1. The molecule has 0 saturated carbocycles. The van der Waals surface area contributed by atoms with E-state index in [1.807, 2.05) is 6.92 Å². The molecule has 0 radical (unpaired) electrons. The summed E-state index contributed by atoms with van der Waals surface area (Å²) in [4.78, 5) is 12.0. The molecule has 0 heterocycles. The summed E-state index contributed by atoms with van der Waals surface area (Å²) in [5.74, 6) is -0.445. The number of Topliss-reactive ketones (excluding diaryl/α,β-unsaturated/α-hetero) is 1. The molecule has 100 valence electrons. The maximum atomic E-state index is 12.4. The van der Waals surface area contributed by atoms with Gasteiger partial charge in [-0.2, -0.15) is 13.2 Å². The Morgan fingerprint density at radius 2 is 2.00 bits per heavy atom. The summed E-state index contributed by atoms with van der Waals surface area (Å²) >= 11 is 5.75. The molecule has 0 fully saturated rings. The van der Waals surface area contributed by atoms with Gasteiger partial charge in [0.05, 0.1) is 10.6 Å². The molecule has 1 atom stereocenters. The van der Waals surface area contributed by atoms with E-state index in [-0.39, 0.29) is 22.3 Å². The number of carbonyl (C=O) groups excluding carboxylic acids is 1. The van der Waals surface area contributed by atoms with Crippen molar-refractivity contribution >= 4 is 17.4 Å². The van der Waals surface area contributed by atoms with Gasteiger partial charge in [0.1, 0.15) is 0 Å². The average molecular weight is 279 g/mol. The van der Waals surface area contributed by atoms with Gasteiger partial charge in [-0.3, -0.25) is 4.79 Å². The van der Waals surface area contributed by atoms with E-state index in [0.717, 1.165) is 24.6 Å². The Kier molecular flexibility index (Phi) is 4.79. The van der Waals surface area contributed by atoms with Gasteiger partial charge >= 0.3 is 6.18 Å². The minimum absolute atomic E-state index is 0.141. The van der Waals surface area contributed by atoms with E-state index in [4.69, 9.17) is 11.6 Å². The molecule has 1 nitrogen and oxygen atoms in total. The summed E-state index contributed by atoms with van der Waals surface area (Å²) < 4.78 is 37.3. The molecule has 0 bridgehead atoms. The second-order valence-corrected chi connectivity index (χ2v) is 4.65. The van der Waals surface area contributed by atoms with Crippen molar-refractivity contribution in [3.05, 3.63) is 34.3 Å². The number of hydrogen-bond donors (Lipinski definition) is 0. The van der Waals surface area contributed by atoms with Crippen molar-refractivity contribution in [2.75, 3.05) is 0 Å². The third kappa shape index (κ3) is 3.48. The summed E-state index contributed by atoms with van der Waals surface area (Å²) in [6, 6.07) is 2.84. The van der Waals surface area contributed by atoms with E-state index in [9.17, 15) is 18.0 Å². The minimum atomic E-state index is -4.44. The van der Waals surface area contributed by atoms with Gasteiger partial charge in [0.25, 0.3) is 0 Å². The predicted octanol–water partition coefficient (Wildman–Crippen LogP) is 4.98. The van der Waals surface area contributed by atoms with Gasteiger partial charge in [-0.15, -0.1) is 0 Å². The molecule has 0 aliphatic rings. The van der Waals surface area contributed by atoms with Gasteiger partial charge in [0.15, 0.2) is 5.78 Å². The van der Waals surface area contributed by atoms with Crippen molar-refractivity contribution in [3.8, 4) is 0 Å². The monoisotopic (exact) mass is 278 g/mol. The highest BCUT2D eigenvalue weighted by Crippen LogP contribution is 2.32. The van der Waals surface area contributed by atoms with Crippen LogP contribution >= 0.6 is 11.6 Å². The van der Waals surface area contributed by atoms with Crippen molar-refractivity contribution in [2.45, 2.75) is 32.9 Å². The van der Waals surface area contributed by atoms with E-state index in [1.54, 1.807) is 6.92 Å².